The van der Waals surface area contributed by atoms with E-state index in [1.807, 2.05) is 0 Å². The molecule has 0 radical (unpaired) electrons. The molecule has 1 atom stereocenters. The number of hydrogen-bond acceptors (Lipinski definition) is 6. The highest BCUT2D eigenvalue weighted by atomic mass is 16.5. The number of anilines is 1. The fourth-order valence-electron chi connectivity index (χ4n) is 2.13. The Labute approximate surface area is 151 Å². The molecule has 0 saturated heterocycles. The minimum atomic E-state index is -0.653. The van der Waals surface area contributed by atoms with Crippen molar-refractivity contribution in [3.63, 3.8) is 0 Å². The van der Waals surface area contributed by atoms with Crippen molar-refractivity contribution in [2.24, 2.45) is 0 Å². The number of methoxy groups -OCH3 is 2. The fraction of sp³-hybridized carbons (Fsp3) is 0.412. The highest BCUT2D eigenvalue weighted by molar-refractivity contribution is 6.03. The zero-order chi connectivity index (χ0) is 19.9. The van der Waals surface area contributed by atoms with Gasteiger partial charge in [-0.05, 0) is 18.2 Å². The Kier molecular flexibility index (Phi) is 7.73. The summed E-state index contributed by atoms with van der Waals surface area (Å²) < 4.78 is 9.32. The number of hydrogen-bond donors (Lipinski definition) is 2. The second-order valence-corrected chi connectivity index (χ2v) is 5.89. The number of nitrogens with zero attached hydrogens (tertiary/aromatic N) is 1. The maximum Gasteiger partial charge on any atom is 0.339 e. The summed E-state index contributed by atoms with van der Waals surface area (Å²) in [5.41, 5.74) is 0.422. The van der Waals surface area contributed by atoms with Crippen LogP contribution in [0.5, 0.6) is 0 Å². The molecule has 1 rings (SSSR count). The lowest BCUT2D eigenvalue weighted by atomic mass is 10.1. The monoisotopic (exact) mass is 366 g/mol. The van der Waals surface area contributed by atoms with Gasteiger partial charge in [-0.3, -0.25) is 9.59 Å². The SMILES string of the molecule is COC(=O)c1ccc(C(=O)OC)c(NC(=O)C[NH+](C)CC(=O)N(C)C)c1. The topological polar surface area (TPSA) is 106 Å². The van der Waals surface area contributed by atoms with Crippen molar-refractivity contribution in [1.29, 1.82) is 0 Å². The van der Waals surface area contributed by atoms with Crippen molar-refractivity contribution in [3.05, 3.63) is 29.3 Å². The van der Waals surface area contributed by atoms with Gasteiger partial charge in [-0.1, -0.05) is 0 Å². The predicted molar refractivity (Wildman–Crippen MR) is 93.1 cm³/mol. The first-order chi connectivity index (χ1) is 12.2. The summed E-state index contributed by atoms with van der Waals surface area (Å²) in [5, 5.41) is 2.59. The first-order valence-corrected chi connectivity index (χ1v) is 7.81. The van der Waals surface area contributed by atoms with E-state index in [1.165, 1.54) is 37.3 Å². The van der Waals surface area contributed by atoms with Crippen LogP contribution in [-0.4, -0.2) is 77.1 Å². The molecule has 0 bridgehead atoms. The molecular formula is C17H24N3O6+. The van der Waals surface area contributed by atoms with Gasteiger partial charge in [-0.2, -0.15) is 0 Å². The number of carbonyl (C=O) groups excluding carboxylic acids is 4. The van der Waals surface area contributed by atoms with Crippen molar-refractivity contribution >= 4 is 29.4 Å². The van der Waals surface area contributed by atoms with E-state index in [2.05, 4.69) is 14.8 Å². The highest BCUT2D eigenvalue weighted by Gasteiger charge is 2.20. The van der Waals surface area contributed by atoms with Crippen LogP contribution in [0.15, 0.2) is 18.2 Å². The van der Waals surface area contributed by atoms with Crippen LogP contribution in [0, 0.1) is 0 Å². The largest absolute Gasteiger partial charge is 0.465 e. The van der Waals surface area contributed by atoms with E-state index in [0.717, 1.165) is 0 Å². The maximum atomic E-state index is 12.3. The van der Waals surface area contributed by atoms with Gasteiger partial charge >= 0.3 is 11.9 Å². The molecule has 26 heavy (non-hydrogen) atoms. The van der Waals surface area contributed by atoms with Crippen LogP contribution in [-0.2, 0) is 19.1 Å². The van der Waals surface area contributed by atoms with Gasteiger partial charge in [0.2, 0.25) is 0 Å². The molecule has 9 heteroatoms. The molecule has 0 fully saturated rings. The molecule has 0 aliphatic carbocycles. The van der Waals surface area contributed by atoms with E-state index in [0.29, 0.717) is 4.90 Å². The quantitative estimate of drug-likeness (QED) is 0.587. The van der Waals surface area contributed by atoms with Crippen LogP contribution >= 0.6 is 0 Å². The summed E-state index contributed by atoms with van der Waals surface area (Å²) in [6, 6.07) is 4.12. The van der Waals surface area contributed by atoms with E-state index in [9.17, 15) is 19.2 Å². The lowest BCUT2D eigenvalue weighted by molar-refractivity contribution is -0.862. The van der Waals surface area contributed by atoms with Gasteiger partial charge in [0.05, 0.1) is 38.1 Å². The van der Waals surface area contributed by atoms with Crippen molar-refractivity contribution in [2.45, 2.75) is 0 Å². The average Bonchev–Trinajstić information content (AvgIpc) is 2.59. The summed E-state index contributed by atoms with van der Waals surface area (Å²) in [6.45, 7) is 0.148. The Bertz CT molecular complexity index is 702. The van der Waals surface area contributed by atoms with E-state index < -0.39 is 17.8 Å². The number of rotatable bonds is 7. The molecule has 0 spiro atoms. The number of likely N-dealkylation sites (N-methyl/N-ethyl adjacent to an activating group) is 2. The van der Waals surface area contributed by atoms with Gasteiger partial charge in [0.25, 0.3) is 11.8 Å². The number of amides is 2. The minimum absolute atomic E-state index is 0.00262. The molecule has 0 saturated carbocycles. The van der Waals surface area contributed by atoms with Crippen molar-refractivity contribution in [1.82, 2.24) is 4.90 Å². The number of benzene rings is 1. The summed E-state index contributed by atoms with van der Waals surface area (Å²) in [4.78, 5) is 49.6. The fourth-order valence-corrected chi connectivity index (χ4v) is 2.13. The Hall–Kier alpha value is -2.94. The minimum Gasteiger partial charge on any atom is -0.465 e. The average molecular weight is 366 g/mol. The number of quaternary nitrogens is 1. The Morgan fingerprint density at radius 1 is 1.04 bits per heavy atom. The number of ether oxygens (including phenoxy) is 2. The third-order valence-corrected chi connectivity index (χ3v) is 3.53. The van der Waals surface area contributed by atoms with E-state index in [4.69, 9.17) is 0 Å². The summed E-state index contributed by atoms with van der Waals surface area (Å²) in [6.07, 6.45) is 0. The van der Waals surface area contributed by atoms with Crippen LogP contribution < -0.4 is 10.2 Å². The first-order valence-electron chi connectivity index (χ1n) is 7.81. The van der Waals surface area contributed by atoms with Crippen molar-refractivity contribution in [2.75, 3.05) is 53.8 Å². The molecule has 2 amide bonds. The molecule has 2 N–H and O–H groups in total. The maximum absolute atomic E-state index is 12.3. The van der Waals surface area contributed by atoms with E-state index in [1.54, 1.807) is 21.1 Å². The lowest BCUT2D eigenvalue weighted by Crippen LogP contribution is -3.11. The zero-order valence-electron chi connectivity index (χ0n) is 15.5. The zero-order valence-corrected chi connectivity index (χ0v) is 15.5. The molecule has 0 heterocycles. The predicted octanol–water partition coefficient (Wildman–Crippen LogP) is -1.20. The molecular weight excluding hydrogens is 342 g/mol. The van der Waals surface area contributed by atoms with Crippen LogP contribution in [0.1, 0.15) is 20.7 Å². The van der Waals surface area contributed by atoms with E-state index in [-0.39, 0.29) is 35.8 Å². The van der Waals surface area contributed by atoms with Gasteiger partial charge in [-0.15, -0.1) is 0 Å². The summed E-state index contributed by atoms with van der Waals surface area (Å²) in [7, 11) is 7.42. The molecule has 1 aromatic rings. The van der Waals surface area contributed by atoms with E-state index >= 15 is 0 Å². The Morgan fingerprint density at radius 2 is 1.65 bits per heavy atom. The smallest absolute Gasteiger partial charge is 0.339 e. The first kappa shape index (κ1) is 21.1. The Balaban J connectivity index is 2.94. The lowest BCUT2D eigenvalue weighted by Gasteiger charge is -2.17. The Morgan fingerprint density at radius 3 is 2.19 bits per heavy atom. The van der Waals surface area contributed by atoms with Crippen LogP contribution in [0.4, 0.5) is 5.69 Å². The van der Waals surface area contributed by atoms with Gasteiger partial charge in [0.15, 0.2) is 13.1 Å². The van der Waals surface area contributed by atoms with Crippen LogP contribution in [0.25, 0.3) is 0 Å². The molecule has 1 unspecified atom stereocenters. The van der Waals surface area contributed by atoms with Gasteiger partial charge in [0, 0.05) is 14.1 Å². The molecule has 0 aliphatic rings. The third kappa shape index (κ3) is 5.85. The molecule has 0 aromatic heterocycles. The summed E-state index contributed by atoms with van der Waals surface area (Å²) in [5.74, 6) is -1.78. The number of carbonyl (C=O) groups is 4. The second-order valence-electron chi connectivity index (χ2n) is 5.89. The number of nitrogens with one attached hydrogen (secondary N) is 2. The molecule has 142 valence electrons. The standard InChI is InChI=1S/C17H23N3O6/c1-19(2)15(22)10-20(3)9-14(21)18-13-8-11(16(23)25-4)6-7-12(13)17(24)26-5/h6-8H,9-10H2,1-5H3,(H,18,21)/p+1. The van der Waals surface area contributed by atoms with Gasteiger partial charge in [0.1, 0.15) is 0 Å². The molecule has 0 aliphatic heterocycles. The van der Waals surface area contributed by atoms with Crippen LogP contribution in [0.2, 0.25) is 0 Å². The molecule has 1 aromatic carbocycles. The van der Waals surface area contributed by atoms with Gasteiger partial charge < -0.3 is 24.6 Å². The summed E-state index contributed by atoms with van der Waals surface area (Å²) >= 11 is 0. The number of esters is 2. The molecule has 9 nitrogen and oxygen atoms in total. The normalized spacial score (nSPS) is 11.3. The van der Waals surface area contributed by atoms with Crippen LogP contribution in [0.3, 0.4) is 0 Å². The van der Waals surface area contributed by atoms with Crippen molar-refractivity contribution in [3.8, 4) is 0 Å². The van der Waals surface area contributed by atoms with Gasteiger partial charge in [-0.25, -0.2) is 9.59 Å². The highest BCUT2D eigenvalue weighted by Crippen LogP contribution is 2.19. The second kappa shape index (κ2) is 9.52. The van der Waals surface area contributed by atoms with Crippen molar-refractivity contribution < 1.29 is 33.6 Å². The third-order valence-electron chi connectivity index (χ3n) is 3.53.